The Morgan fingerprint density at radius 1 is 1.34 bits per heavy atom. The number of hydroxylamine groups is 1. The third kappa shape index (κ3) is 4.91. The molecule has 0 radical (unpaired) electrons. The van der Waals surface area contributed by atoms with Gasteiger partial charge in [-0.3, -0.25) is 24.7 Å². The summed E-state index contributed by atoms with van der Waals surface area (Å²) >= 11 is 4.69. The van der Waals surface area contributed by atoms with E-state index in [0.717, 1.165) is 10.6 Å². The van der Waals surface area contributed by atoms with E-state index < -0.39 is 11.0 Å². The molecule has 2 aromatic heterocycles. The van der Waals surface area contributed by atoms with E-state index in [2.05, 4.69) is 32.5 Å². The highest BCUT2D eigenvalue weighted by Gasteiger charge is 2.22. The molecule has 3 aromatic rings. The number of nitro benzene ring substituents is 1. The number of rotatable bonds is 9. The van der Waals surface area contributed by atoms with E-state index in [0.29, 0.717) is 27.3 Å². The second kappa shape index (κ2) is 9.50. The van der Waals surface area contributed by atoms with Gasteiger partial charge in [0.1, 0.15) is 11.1 Å². The SMILES string of the molecule is C=CC(Cc1c(Br)cccc1[N+](=O)[O-])ON(C=O)c1csc(-c2ccncc2)n1. The summed E-state index contributed by atoms with van der Waals surface area (Å²) in [4.78, 5) is 36.6. The zero-order valence-corrected chi connectivity index (χ0v) is 17.4. The first-order valence-corrected chi connectivity index (χ1v) is 10.0. The molecular weight excluding hydrogens is 460 g/mol. The molecule has 0 saturated heterocycles. The zero-order valence-electron chi connectivity index (χ0n) is 15.0. The van der Waals surface area contributed by atoms with Crippen molar-refractivity contribution in [3.05, 3.63) is 80.9 Å². The van der Waals surface area contributed by atoms with Gasteiger partial charge in [0.05, 0.1) is 4.92 Å². The van der Waals surface area contributed by atoms with Gasteiger partial charge in [-0.1, -0.05) is 28.1 Å². The topological polar surface area (TPSA) is 98.5 Å². The lowest BCUT2D eigenvalue weighted by Crippen LogP contribution is -2.29. The highest BCUT2D eigenvalue weighted by atomic mass is 79.9. The van der Waals surface area contributed by atoms with Crippen LogP contribution in [0.15, 0.2) is 65.2 Å². The van der Waals surface area contributed by atoms with Gasteiger partial charge in [-0.15, -0.1) is 17.9 Å². The lowest BCUT2D eigenvalue weighted by molar-refractivity contribution is -0.385. The van der Waals surface area contributed by atoms with Crippen molar-refractivity contribution in [2.24, 2.45) is 0 Å². The molecule has 0 fully saturated rings. The van der Waals surface area contributed by atoms with Crippen LogP contribution in [0.5, 0.6) is 0 Å². The number of aromatic nitrogens is 2. The Morgan fingerprint density at radius 2 is 2.10 bits per heavy atom. The van der Waals surface area contributed by atoms with Crippen molar-refractivity contribution in [3.8, 4) is 10.6 Å². The lowest BCUT2D eigenvalue weighted by Gasteiger charge is -2.20. The molecule has 1 unspecified atom stereocenters. The molecule has 0 saturated carbocycles. The van der Waals surface area contributed by atoms with Crippen LogP contribution in [0.4, 0.5) is 11.5 Å². The largest absolute Gasteiger partial charge is 0.276 e. The average molecular weight is 475 g/mol. The maximum absolute atomic E-state index is 11.6. The van der Waals surface area contributed by atoms with Gasteiger partial charge in [0.15, 0.2) is 5.82 Å². The quantitative estimate of drug-likeness (QED) is 0.195. The van der Waals surface area contributed by atoms with Crippen LogP contribution in [0.25, 0.3) is 10.6 Å². The van der Waals surface area contributed by atoms with Crippen molar-refractivity contribution >= 4 is 45.2 Å². The summed E-state index contributed by atoms with van der Waals surface area (Å²) < 4.78 is 0.577. The van der Waals surface area contributed by atoms with Crippen LogP contribution < -0.4 is 5.06 Å². The average Bonchev–Trinajstić information content (AvgIpc) is 3.22. The number of anilines is 1. The Hall–Kier alpha value is -2.95. The van der Waals surface area contributed by atoms with Crippen molar-refractivity contribution in [1.82, 2.24) is 9.97 Å². The minimum Gasteiger partial charge on any atom is -0.276 e. The summed E-state index contributed by atoms with van der Waals surface area (Å²) in [6.45, 7) is 3.72. The van der Waals surface area contributed by atoms with Crippen LogP contribution >= 0.6 is 27.3 Å². The molecule has 0 spiro atoms. The molecule has 0 aliphatic carbocycles. The highest BCUT2D eigenvalue weighted by Crippen LogP contribution is 2.30. The van der Waals surface area contributed by atoms with Gasteiger partial charge in [-0.05, 0) is 18.2 Å². The van der Waals surface area contributed by atoms with Gasteiger partial charge < -0.3 is 0 Å². The van der Waals surface area contributed by atoms with Crippen LogP contribution in [0.2, 0.25) is 0 Å². The number of thiazole rings is 1. The molecule has 1 aromatic carbocycles. The second-order valence-corrected chi connectivity index (χ2v) is 7.47. The van der Waals surface area contributed by atoms with Gasteiger partial charge in [0.25, 0.3) is 5.69 Å². The minimum atomic E-state index is -0.691. The molecule has 1 atom stereocenters. The van der Waals surface area contributed by atoms with Gasteiger partial charge in [-0.2, -0.15) is 5.06 Å². The Morgan fingerprint density at radius 3 is 2.76 bits per heavy atom. The van der Waals surface area contributed by atoms with Crippen molar-refractivity contribution in [2.45, 2.75) is 12.5 Å². The molecule has 29 heavy (non-hydrogen) atoms. The predicted octanol–water partition coefficient (Wildman–Crippen LogP) is 4.57. The number of carbonyl (C=O) groups excluding carboxylic acids is 1. The van der Waals surface area contributed by atoms with Crippen LogP contribution in [0.1, 0.15) is 5.56 Å². The van der Waals surface area contributed by atoms with E-state index in [-0.39, 0.29) is 12.1 Å². The second-order valence-electron chi connectivity index (χ2n) is 5.76. The summed E-state index contributed by atoms with van der Waals surface area (Å²) in [6, 6.07) is 8.34. The number of nitrogens with zero attached hydrogens (tertiary/aromatic N) is 4. The molecule has 0 aliphatic heterocycles. The fourth-order valence-electron chi connectivity index (χ4n) is 2.56. The maximum atomic E-state index is 11.6. The van der Waals surface area contributed by atoms with Crippen molar-refractivity contribution in [2.75, 3.05) is 5.06 Å². The monoisotopic (exact) mass is 474 g/mol. The molecule has 8 nitrogen and oxygen atoms in total. The minimum absolute atomic E-state index is 0.0406. The first-order valence-electron chi connectivity index (χ1n) is 8.35. The first kappa shape index (κ1) is 20.8. The molecule has 0 bridgehead atoms. The zero-order chi connectivity index (χ0) is 20.8. The number of benzene rings is 1. The third-order valence-corrected chi connectivity index (χ3v) is 5.57. The Bertz CT molecular complexity index is 1030. The third-order valence-electron chi connectivity index (χ3n) is 3.95. The first-order chi connectivity index (χ1) is 14.0. The van der Waals surface area contributed by atoms with Crippen LogP contribution in [0.3, 0.4) is 0 Å². The van der Waals surface area contributed by atoms with E-state index in [1.54, 1.807) is 29.9 Å². The summed E-state index contributed by atoms with van der Waals surface area (Å²) in [7, 11) is 0. The van der Waals surface area contributed by atoms with E-state index in [1.807, 2.05) is 12.1 Å². The van der Waals surface area contributed by atoms with Gasteiger partial charge in [0.2, 0.25) is 6.41 Å². The number of pyridine rings is 1. The molecule has 2 heterocycles. The highest BCUT2D eigenvalue weighted by molar-refractivity contribution is 9.10. The summed E-state index contributed by atoms with van der Waals surface area (Å²) in [6.07, 6.45) is 4.74. The molecule has 0 N–H and O–H groups in total. The van der Waals surface area contributed by atoms with E-state index in [4.69, 9.17) is 4.84 Å². The van der Waals surface area contributed by atoms with Gasteiger partial charge >= 0.3 is 0 Å². The number of carbonyl (C=O) groups is 1. The van der Waals surface area contributed by atoms with E-state index >= 15 is 0 Å². The van der Waals surface area contributed by atoms with Crippen LogP contribution in [-0.2, 0) is 16.1 Å². The summed E-state index contributed by atoms with van der Waals surface area (Å²) in [5, 5.41) is 14.7. The fraction of sp³-hybridized carbons (Fsp3) is 0.105. The number of halogens is 1. The lowest BCUT2D eigenvalue weighted by atomic mass is 10.1. The standard InChI is InChI=1S/C19H15BrN4O4S/c1-2-14(10-15-16(20)4-3-5-17(15)24(26)27)28-23(12-25)18-11-29-19(22-18)13-6-8-21-9-7-13/h2-9,11-12,14H,1,10H2. The molecular formula is C19H15BrN4O4S. The number of amides is 1. The number of hydrogen-bond acceptors (Lipinski definition) is 7. The molecule has 148 valence electrons. The normalized spacial score (nSPS) is 11.6. The van der Waals surface area contributed by atoms with Crippen molar-refractivity contribution < 1.29 is 14.6 Å². The predicted molar refractivity (Wildman–Crippen MR) is 113 cm³/mol. The van der Waals surface area contributed by atoms with Gasteiger partial charge in [-0.25, -0.2) is 4.98 Å². The number of nitro groups is 1. The van der Waals surface area contributed by atoms with Crippen molar-refractivity contribution in [3.63, 3.8) is 0 Å². The van der Waals surface area contributed by atoms with E-state index in [1.165, 1.54) is 23.5 Å². The van der Waals surface area contributed by atoms with Crippen LogP contribution in [0, 0.1) is 10.1 Å². The fourth-order valence-corrected chi connectivity index (χ4v) is 3.87. The molecule has 10 heteroatoms. The summed E-state index contributed by atoms with van der Waals surface area (Å²) in [5.41, 5.74) is 1.27. The Balaban J connectivity index is 1.80. The Labute approximate surface area is 178 Å². The Kier molecular flexibility index (Phi) is 6.81. The molecule has 3 rings (SSSR count). The van der Waals surface area contributed by atoms with Crippen molar-refractivity contribution in [1.29, 1.82) is 0 Å². The smallest absolute Gasteiger partial charge is 0.273 e. The number of hydrogen-bond donors (Lipinski definition) is 0. The molecule has 1 amide bonds. The van der Waals surface area contributed by atoms with Crippen LogP contribution in [-0.4, -0.2) is 27.4 Å². The summed E-state index contributed by atoms with van der Waals surface area (Å²) in [5.74, 6) is 0.310. The van der Waals surface area contributed by atoms with Gasteiger partial charge in [0, 0.05) is 45.9 Å². The molecule has 0 aliphatic rings. The maximum Gasteiger partial charge on any atom is 0.273 e. The van der Waals surface area contributed by atoms with E-state index in [9.17, 15) is 14.9 Å².